The van der Waals surface area contributed by atoms with E-state index in [1.54, 1.807) is 27.7 Å². The molecule has 1 aliphatic rings. The van der Waals surface area contributed by atoms with Crippen LogP contribution in [0.15, 0.2) is 0 Å². The first-order valence-electron chi connectivity index (χ1n) is 8.97. The standard InChI is InChI=1S/C18H31NO6/c1-11(2)15(22)24-17(12(3)4)25-16(23)14(19)18(10-13(20)21)8-6-5-7-9-18/h11-12,14,17H,5-10,19H2,1-4H3,(H,20,21). The topological polar surface area (TPSA) is 116 Å². The van der Waals surface area contributed by atoms with Gasteiger partial charge in [0, 0.05) is 11.3 Å². The van der Waals surface area contributed by atoms with Gasteiger partial charge in [0.05, 0.1) is 12.3 Å². The second-order valence-corrected chi connectivity index (χ2v) is 7.61. The summed E-state index contributed by atoms with van der Waals surface area (Å²) in [7, 11) is 0. The second kappa shape index (κ2) is 9.17. The van der Waals surface area contributed by atoms with E-state index < -0.39 is 35.7 Å². The van der Waals surface area contributed by atoms with Crippen molar-refractivity contribution in [3.63, 3.8) is 0 Å². The number of esters is 2. The summed E-state index contributed by atoms with van der Waals surface area (Å²) in [6, 6.07) is -1.05. The highest BCUT2D eigenvalue weighted by Crippen LogP contribution is 2.42. The molecule has 7 nitrogen and oxygen atoms in total. The highest BCUT2D eigenvalue weighted by molar-refractivity contribution is 5.79. The lowest BCUT2D eigenvalue weighted by molar-refractivity contribution is -0.201. The third-order valence-electron chi connectivity index (χ3n) is 4.75. The Kier molecular flexibility index (Phi) is 7.86. The zero-order chi connectivity index (χ0) is 19.2. The van der Waals surface area contributed by atoms with Crippen molar-refractivity contribution in [2.24, 2.45) is 23.0 Å². The first-order chi connectivity index (χ1) is 11.6. The summed E-state index contributed by atoms with van der Waals surface area (Å²) in [4.78, 5) is 35.6. The van der Waals surface area contributed by atoms with Crippen molar-refractivity contribution in [3.05, 3.63) is 0 Å². The molecule has 0 spiro atoms. The van der Waals surface area contributed by atoms with Crippen molar-refractivity contribution in [3.8, 4) is 0 Å². The summed E-state index contributed by atoms with van der Waals surface area (Å²) in [6.07, 6.45) is 2.64. The number of carbonyl (C=O) groups excluding carboxylic acids is 2. The SMILES string of the molecule is CC(C)C(=O)OC(OC(=O)C(N)C1(CC(=O)O)CCCCC1)C(C)C. The maximum Gasteiger partial charge on any atom is 0.326 e. The number of aliphatic carboxylic acids is 1. The van der Waals surface area contributed by atoms with E-state index in [4.69, 9.17) is 15.2 Å². The molecule has 1 fully saturated rings. The summed E-state index contributed by atoms with van der Waals surface area (Å²) in [5.41, 5.74) is 5.34. The minimum Gasteiger partial charge on any atom is -0.481 e. The van der Waals surface area contributed by atoms with Gasteiger partial charge in [-0.2, -0.15) is 0 Å². The number of hydrogen-bond acceptors (Lipinski definition) is 6. The van der Waals surface area contributed by atoms with Gasteiger partial charge in [0.1, 0.15) is 6.04 Å². The lowest BCUT2D eigenvalue weighted by Gasteiger charge is -2.40. The Morgan fingerprint density at radius 3 is 1.96 bits per heavy atom. The van der Waals surface area contributed by atoms with Crippen LogP contribution in [0.25, 0.3) is 0 Å². The highest BCUT2D eigenvalue weighted by Gasteiger charge is 2.45. The summed E-state index contributed by atoms with van der Waals surface area (Å²) in [6.45, 7) is 6.92. The van der Waals surface area contributed by atoms with E-state index >= 15 is 0 Å². The van der Waals surface area contributed by atoms with Crippen LogP contribution in [-0.2, 0) is 23.9 Å². The van der Waals surface area contributed by atoms with Gasteiger partial charge in [-0.15, -0.1) is 0 Å². The molecule has 2 atom stereocenters. The van der Waals surface area contributed by atoms with Crippen molar-refractivity contribution in [1.29, 1.82) is 0 Å². The van der Waals surface area contributed by atoms with Crippen LogP contribution in [0.2, 0.25) is 0 Å². The van der Waals surface area contributed by atoms with Gasteiger partial charge < -0.3 is 20.3 Å². The van der Waals surface area contributed by atoms with Crippen molar-refractivity contribution in [2.45, 2.75) is 78.6 Å². The molecule has 0 aliphatic heterocycles. The molecule has 25 heavy (non-hydrogen) atoms. The molecule has 7 heteroatoms. The Labute approximate surface area is 149 Å². The van der Waals surface area contributed by atoms with Crippen LogP contribution in [0.5, 0.6) is 0 Å². The molecule has 1 rings (SSSR count). The van der Waals surface area contributed by atoms with E-state index in [-0.39, 0.29) is 18.3 Å². The van der Waals surface area contributed by atoms with E-state index in [0.717, 1.165) is 19.3 Å². The van der Waals surface area contributed by atoms with E-state index in [2.05, 4.69) is 0 Å². The maximum atomic E-state index is 12.6. The first kappa shape index (κ1) is 21.4. The molecule has 3 N–H and O–H groups in total. The van der Waals surface area contributed by atoms with Crippen LogP contribution in [0.1, 0.15) is 66.2 Å². The third-order valence-corrected chi connectivity index (χ3v) is 4.75. The Morgan fingerprint density at radius 2 is 1.52 bits per heavy atom. The fourth-order valence-electron chi connectivity index (χ4n) is 3.14. The largest absolute Gasteiger partial charge is 0.481 e. The van der Waals surface area contributed by atoms with Crippen LogP contribution < -0.4 is 5.73 Å². The number of ether oxygens (including phenoxy) is 2. The Balaban J connectivity index is 2.86. The van der Waals surface area contributed by atoms with Crippen molar-refractivity contribution < 1.29 is 29.0 Å². The Morgan fingerprint density at radius 1 is 1.00 bits per heavy atom. The summed E-state index contributed by atoms with van der Waals surface area (Å²) < 4.78 is 10.6. The van der Waals surface area contributed by atoms with Gasteiger partial charge in [0.15, 0.2) is 0 Å². The average Bonchev–Trinajstić information content (AvgIpc) is 2.53. The molecule has 0 saturated heterocycles. The van der Waals surface area contributed by atoms with Gasteiger partial charge in [0.25, 0.3) is 0 Å². The molecule has 1 saturated carbocycles. The molecule has 144 valence electrons. The first-order valence-corrected chi connectivity index (χ1v) is 8.97. The summed E-state index contributed by atoms with van der Waals surface area (Å²) in [5.74, 6) is -2.72. The zero-order valence-electron chi connectivity index (χ0n) is 15.6. The monoisotopic (exact) mass is 357 g/mol. The van der Waals surface area contributed by atoms with Crippen LogP contribution in [0.3, 0.4) is 0 Å². The smallest absolute Gasteiger partial charge is 0.326 e. The zero-order valence-corrected chi connectivity index (χ0v) is 15.6. The Bertz CT molecular complexity index is 482. The summed E-state index contributed by atoms with van der Waals surface area (Å²) in [5, 5.41) is 9.23. The quantitative estimate of drug-likeness (QED) is 0.506. The number of hydrogen-bond donors (Lipinski definition) is 2. The van der Waals surface area contributed by atoms with Crippen LogP contribution in [0, 0.1) is 17.3 Å². The van der Waals surface area contributed by atoms with E-state index in [1.165, 1.54) is 0 Å². The van der Waals surface area contributed by atoms with Crippen molar-refractivity contribution >= 4 is 17.9 Å². The normalized spacial score (nSPS) is 19.3. The van der Waals surface area contributed by atoms with E-state index in [9.17, 15) is 19.5 Å². The molecular formula is C18H31NO6. The number of nitrogens with two attached hydrogens (primary N) is 1. The molecule has 0 heterocycles. The molecular weight excluding hydrogens is 326 g/mol. The fraction of sp³-hybridized carbons (Fsp3) is 0.833. The molecule has 0 bridgehead atoms. The van der Waals surface area contributed by atoms with Crippen LogP contribution in [0.4, 0.5) is 0 Å². The van der Waals surface area contributed by atoms with Gasteiger partial charge in [-0.3, -0.25) is 14.4 Å². The minimum atomic E-state index is -1.05. The van der Waals surface area contributed by atoms with Crippen LogP contribution >= 0.6 is 0 Å². The van der Waals surface area contributed by atoms with Gasteiger partial charge in [0.2, 0.25) is 6.29 Å². The van der Waals surface area contributed by atoms with Crippen molar-refractivity contribution in [2.75, 3.05) is 0 Å². The lowest BCUT2D eigenvalue weighted by Crippen LogP contribution is -2.51. The van der Waals surface area contributed by atoms with Gasteiger partial charge in [-0.05, 0) is 12.8 Å². The lowest BCUT2D eigenvalue weighted by atomic mass is 9.67. The predicted octanol–water partition coefficient (Wildman–Crippen LogP) is 2.46. The molecule has 0 aromatic heterocycles. The van der Waals surface area contributed by atoms with Gasteiger partial charge in [-0.1, -0.05) is 47.0 Å². The number of rotatable bonds is 8. The molecule has 0 aromatic rings. The number of carboxylic acid groups (broad SMARTS) is 1. The third kappa shape index (κ3) is 5.99. The van der Waals surface area contributed by atoms with Gasteiger partial charge in [-0.25, -0.2) is 0 Å². The van der Waals surface area contributed by atoms with Crippen molar-refractivity contribution in [1.82, 2.24) is 0 Å². The fourth-order valence-corrected chi connectivity index (χ4v) is 3.14. The van der Waals surface area contributed by atoms with E-state index in [1.807, 2.05) is 0 Å². The number of carbonyl (C=O) groups is 3. The van der Waals surface area contributed by atoms with Crippen LogP contribution in [-0.4, -0.2) is 35.3 Å². The molecule has 0 aromatic carbocycles. The van der Waals surface area contributed by atoms with E-state index in [0.29, 0.717) is 12.8 Å². The molecule has 2 unspecified atom stereocenters. The second-order valence-electron chi connectivity index (χ2n) is 7.61. The predicted molar refractivity (Wildman–Crippen MR) is 91.4 cm³/mol. The Hall–Kier alpha value is -1.63. The number of carboxylic acids is 1. The molecule has 1 aliphatic carbocycles. The molecule has 0 amide bonds. The minimum absolute atomic E-state index is 0.165. The average molecular weight is 357 g/mol. The maximum absolute atomic E-state index is 12.6. The highest BCUT2D eigenvalue weighted by atomic mass is 16.7. The van der Waals surface area contributed by atoms with Gasteiger partial charge >= 0.3 is 17.9 Å². The summed E-state index contributed by atoms with van der Waals surface area (Å²) >= 11 is 0. The molecule has 0 radical (unpaired) electrons.